The van der Waals surface area contributed by atoms with Crippen LogP contribution in [0.1, 0.15) is 56.2 Å². The Hall–Kier alpha value is -2.12. The lowest BCUT2D eigenvalue weighted by atomic mass is 9.82. The van der Waals surface area contributed by atoms with Crippen molar-refractivity contribution in [1.82, 2.24) is 4.90 Å². The monoisotopic (exact) mass is 528 g/mol. The number of benzene rings is 1. The predicted octanol–water partition coefficient (Wildman–Crippen LogP) is 5.21. The van der Waals surface area contributed by atoms with Crippen molar-refractivity contribution in [2.75, 3.05) is 37.7 Å². The molecule has 0 bridgehead atoms. The molecule has 2 aliphatic heterocycles. The molecule has 7 heteroatoms. The number of hydrogen-bond acceptors (Lipinski definition) is 5. The molecule has 0 radical (unpaired) electrons. The van der Waals surface area contributed by atoms with Crippen LogP contribution >= 0.6 is 15.9 Å². The summed E-state index contributed by atoms with van der Waals surface area (Å²) in [5, 5.41) is 16.3. The summed E-state index contributed by atoms with van der Waals surface area (Å²) in [6, 6.07) is 8.42. The number of nitrogens with zero attached hydrogens (tertiary/aromatic N) is 4. The van der Waals surface area contributed by atoms with Crippen LogP contribution in [0.5, 0.6) is 0 Å². The zero-order valence-electron chi connectivity index (χ0n) is 20.9. The number of aryl methyl sites for hydroxylation is 2. The largest absolute Gasteiger partial charge is 0.619 e. The molecule has 4 rings (SSSR count). The number of piperidine rings is 2. The average molecular weight is 530 g/mol. The summed E-state index contributed by atoms with van der Waals surface area (Å²) in [6.07, 6.45) is 7.84. The highest BCUT2D eigenvalue weighted by Gasteiger charge is 2.39. The van der Waals surface area contributed by atoms with Gasteiger partial charge >= 0.3 is 0 Å². The third-order valence-electron chi connectivity index (χ3n) is 7.62. The summed E-state index contributed by atoms with van der Waals surface area (Å²) in [5.41, 5.74) is 5.81. The van der Waals surface area contributed by atoms with Gasteiger partial charge in [-0.1, -0.05) is 33.2 Å². The molecule has 2 saturated heterocycles. The fraction of sp³-hybridized carbons (Fsp3) is 0.556. The molecule has 0 unspecified atom stereocenters. The highest BCUT2D eigenvalue weighted by Crippen LogP contribution is 2.36. The van der Waals surface area contributed by atoms with Gasteiger partial charge in [-0.3, -0.25) is 4.90 Å². The SMILES string of the molecule is CCO/N=C(\c1ccc(Br)cc1)C1CCN(C2(C)CCN(c3c(C)c[n+]([O-])cc3C)CC2)CC1. The molecule has 2 fully saturated rings. The van der Waals surface area contributed by atoms with Gasteiger partial charge in [0.05, 0.1) is 11.4 Å². The highest BCUT2D eigenvalue weighted by molar-refractivity contribution is 9.10. The van der Waals surface area contributed by atoms with Crippen LogP contribution in [0.15, 0.2) is 46.3 Å². The summed E-state index contributed by atoms with van der Waals surface area (Å²) >= 11 is 3.53. The van der Waals surface area contributed by atoms with Gasteiger partial charge in [0.15, 0.2) is 12.4 Å². The summed E-state index contributed by atoms with van der Waals surface area (Å²) in [4.78, 5) is 10.7. The first-order valence-corrected chi connectivity index (χ1v) is 13.3. The number of likely N-dealkylation sites (tertiary alicyclic amines) is 1. The van der Waals surface area contributed by atoms with E-state index in [0.29, 0.717) is 12.5 Å². The number of aromatic nitrogens is 1. The van der Waals surface area contributed by atoms with Crippen molar-refractivity contribution in [3.63, 3.8) is 0 Å². The Morgan fingerprint density at radius 2 is 1.68 bits per heavy atom. The normalized spacial score (nSPS) is 19.9. The van der Waals surface area contributed by atoms with E-state index in [1.165, 1.54) is 5.69 Å². The van der Waals surface area contributed by atoms with Crippen LogP contribution in [0, 0.1) is 25.0 Å². The van der Waals surface area contributed by atoms with Gasteiger partial charge in [0.25, 0.3) is 0 Å². The second kappa shape index (κ2) is 10.6. The third-order valence-corrected chi connectivity index (χ3v) is 8.15. The van der Waals surface area contributed by atoms with E-state index in [1.807, 2.05) is 20.8 Å². The summed E-state index contributed by atoms with van der Waals surface area (Å²) in [7, 11) is 0. The van der Waals surface area contributed by atoms with Crippen molar-refractivity contribution in [2.45, 2.75) is 58.9 Å². The van der Waals surface area contributed by atoms with Crippen LogP contribution in [0.4, 0.5) is 5.69 Å². The Kier molecular flexibility index (Phi) is 7.83. The molecule has 184 valence electrons. The number of pyridine rings is 1. The standard InChI is InChI=1S/C27H37BrN4O2/c1-5-34-29-25(22-6-8-24(28)9-7-22)23-10-14-31(15-11-23)27(4)12-16-30(17-13-27)26-20(2)18-32(33)19-21(26)3/h6-9,18-19,23H,5,10-17H2,1-4H3/b29-25+. The van der Waals surface area contributed by atoms with Crippen LogP contribution in [0.2, 0.25) is 0 Å². The molecular formula is C27H37BrN4O2. The van der Waals surface area contributed by atoms with Crippen LogP contribution < -0.4 is 9.63 Å². The van der Waals surface area contributed by atoms with E-state index >= 15 is 0 Å². The minimum Gasteiger partial charge on any atom is -0.619 e. The number of hydrogen-bond donors (Lipinski definition) is 0. The lowest BCUT2D eigenvalue weighted by Gasteiger charge is -2.50. The van der Waals surface area contributed by atoms with E-state index in [4.69, 9.17) is 4.84 Å². The van der Waals surface area contributed by atoms with Gasteiger partial charge in [0.2, 0.25) is 0 Å². The van der Waals surface area contributed by atoms with Gasteiger partial charge in [-0.05, 0) is 84.2 Å². The fourth-order valence-electron chi connectivity index (χ4n) is 5.69. The Bertz CT molecular complexity index is 985. The van der Waals surface area contributed by atoms with Crippen molar-refractivity contribution < 1.29 is 9.57 Å². The van der Waals surface area contributed by atoms with Crippen molar-refractivity contribution in [2.24, 2.45) is 11.1 Å². The molecular weight excluding hydrogens is 492 g/mol. The van der Waals surface area contributed by atoms with E-state index in [0.717, 1.165) is 83.5 Å². The Morgan fingerprint density at radius 3 is 2.24 bits per heavy atom. The molecule has 0 N–H and O–H groups in total. The zero-order chi connectivity index (χ0) is 24.3. The molecule has 2 aromatic rings. The second-order valence-corrected chi connectivity index (χ2v) is 10.9. The van der Waals surface area contributed by atoms with Gasteiger partial charge in [0, 0.05) is 40.1 Å². The molecule has 0 aliphatic carbocycles. The average Bonchev–Trinajstić information content (AvgIpc) is 2.81. The van der Waals surface area contributed by atoms with Gasteiger partial charge in [-0.2, -0.15) is 4.73 Å². The molecule has 0 saturated carbocycles. The summed E-state index contributed by atoms with van der Waals surface area (Å²) in [6.45, 7) is 13.3. The quantitative estimate of drug-likeness (QED) is 0.223. The maximum atomic E-state index is 11.8. The summed E-state index contributed by atoms with van der Waals surface area (Å²) < 4.78 is 2.00. The van der Waals surface area contributed by atoms with E-state index < -0.39 is 0 Å². The van der Waals surface area contributed by atoms with Crippen molar-refractivity contribution in [1.29, 1.82) is 0 Å². The van der Waals surface area contributed by atoms with Crippen LogP contribution in [0.25, 0.3) is 0 Å². The van der Waals surface area contributed by atoms with Crippen molar-refractivity contribution in [3.05, 3.63) is 63.0 Å². The van der Waals surface area contributed by atoms with Crippen molar-refractivity contribution >= 4 is 27.3 Å². The predicted molar refractivity (Wildman–Crippen MR) is 141 cm³/mol. The van der Waals surface area contributed by atoms with Gasteiger partial charge in [0.1, 0.15) is 6.61 Å². The molecule has 2 aliphatic rings. The Morgan fingerprint density at radius 1 is 1.09 bits per heavy atom. The second-order valence-electron chi connectivity index (χ2n) is 9.98. The maximum absolute atomic E-state index is 11.8. The lowest BCUT2D eigenvalue weighted by Crippen LogP contribution is -2.56. The topological polar surface area (TPSA) is 55.0 Å². The molecule has 0 amide bonds. The highest BCUT2D eigenvalue weighted by atomic mass is 79.9. The maximum Gasteiger partial charge on any atom is 0.185 e. The molecule has 6 nitrogen and oxygen atoms in total. The first-order chi connectivity index (χ1) is 16.3. The van der Waals surface area contributed by atoms with Gasteiger partial charge < -0.3 is 14.9 Å². The summed E-state index contributed by atoms with van der Waals surface area (Å²) in [5.74, 6) is 0.418. The number of rotatable bonds is 6. The smallest absolute Gasteiger partial charge is 0.185 e. The Labute approximate surface area is 212 Å². The van der Waals surface area contributed by atoms with E-state index in [-0.39, 0.29) is 5.54 Å². The van der Waals surface area contributed by atoms with Crippen LogP contribution in [-0.2, 0) is 4.84 Å². The number of halogens is 1. The minimum absolute atomic E-state index is 0.214. The molecule has 3 heterocycles. The first kappa shape index (κ1) is 25.0. The lowest BCUT2D eigenvalue weighted by molar-refractivity contribution is -0.606. The first-order valence-electron chi connectivity index (χ1n) is 12.5. The molecule has 34 heavy (non-hydrogen) atoms. The number of oxime groups is 1. The molecule has 1 aromatic heterocycles. The number of anilines is 1. The van der Waals surface area contributed by atoms with Gasteiger partial charge in [-0.15, -0.1) is 0 Å². The van der Waals surface area contributed by atoms with Crippen LogP contribution in [-0.4, -0.2) is 48.9 Å². The van der Waals surface area contributed by atoms with Gasteiger partial charge in [-0.25, -0.2) is 0 Å². The van der Waals surface area contributed by atoms with E-state index in [2.05, 4.69) is 62.1 Å². The third kappa shape index (κ3) is 5.41. The minimum atomic E-state index is 0.214. The molecule has 0 spiro atoms. The zero-order valence-corrected chi connectivity index (χ0v) is 22.5. The van der Waals surface area contributed by atoms with E-state index in [1.54, 1.807) is 12.4 Å². The molecule has 0 atom stereocenters. The van der Waals surface area contributed by atoms with Crippen LogP contribution in [0.3, 0.4) is 0 Å². The van der Waals surface area contributed by atoms with E-state index in [9.17, 15) is 5.21 Å². The fourth-order valence-corrected chi connectivity index (χ4v) is 5.95. The molecule has 1 aromatic carbocycles. The van der Waals surface area contributed by atoms with Crippen molar-refractivity contribution in [3.8, 4) is 0 Å². The Balaban J connectivity index is 1.39.